The molecular formula is C20H22N6. The van der Waals surface area contributed by atoms with Crippen LogP contribution in [0.1, 0.15) is 24.1 Å². The third-order valence-corrected chi connectivity index (χ3v) is 4.75. The van der Waals surface area contributed by atoms with E-state index in [4.69, 9.17) is 4.98 Å². The summed E-state index contributed by atoms with van der Waals surface area (Å²) in [5, 5.41) is 3.39. The maximum Gasteiger partial charge on any atom is 0.163 e. The van der Waals surface area contributed by atoms with Gasteiger partial charge in [0, 0.05) is 42.3 Å². The van der Waals surface area contributed by atoms with E-state index in [9.17, 15) is 0 Å². The molecule has 0 atom stereocenters. The second kappa shape index (κ2) is 7.07. The molecule has 132 valence electrons. The van der Waals surface area contributed by atoms with Crippen molar-refractivity contribution in [3.63, 3.8) is 0 Å². The van der Waals surface area contributed by atoms with Crippen molar-refractivity contribution in [3.05, 3.63) is 54.1 Å². The van der Waals surface area contributed by atoms with Crippen molar-refractivity contribution in [1.82, 2.24) is 19.9 Å². The van der Waals surface area contributed by atoms with Gasteiger partial charge in [-0.2, -0.15) is 0 Å². The molecule has 4 heterocycles. The molecule has 1 fully saturated rings. The molecule has 1 aliphatic heterocycles. The number of hydrogen-bond acceptors (Lipinski definition) is 6. The summed E-state index contributed by atoms with van der Waals surface area (Å²) in [6.45, 7) is 6.21. The molecular weight excluding hydrogens is 324 g/mol. The second-order valence-electron chi connectivity index (χ2n) is 6.57. The van der Waals surface area contributed by atoms with E-state index in [1.807, 2.05) is 32.2 Å². The Hall–Kier alpha value is -3.02. The van der Waals surface area contributed by atoms with Crippen molar-refractivity contribution >= 4 is 17.3 Å². The Balaban J connectivity index is 1.60. The first-order chi connectivity index (χ1) is 12.7. The summed E-state index contributed by atoms with van der Waals surface area (Å²) in [5.74, 6) is 2.51. The van der Waals surface area contributed by atoms with E-state index in [1.54, 1.807) is 12.4 Å². The second-order valence-corrected chi connectivity index (χ2v) is 6.57. The maximum atomic E-state index is 4.70. The van der Waals surface area contributed by atoms with Crippen LogP contribution >= 0.6 is 0 Å². The van der Waals surface area contributed by atoms with Crippen LogP contribution in [0.5, 0.6) is 0 Å². The van der Waals surface area contributed by atoms with Crippen LogP contribution < -0.4 is 10.2 Å². The number of anilines is 3. The fraction of sp³-hybridized carbons (Fsp3) is 0.300. The lowest BCUT2D eigenvalue weighted by molar-refractivity contribution is 0.938. The molecule has 4 rings (SSSR count). The number of hydrogen-bond donors (Lipinski definition) is 1. The van der Waals surface area contributed by atoms with Crippen molar-refractivity contribution in [2.75, 3.05) is 23.3 Å². The van der Waals surface area contributed by atoms with Gasteiger partial charge in [-0.15, -0.1) is 0 Å². The molecule has 0 amide bonds. The molecule has 0 saturated carbocycles. The Kier molecular flexibility index (Phi) is 4.48. The van der Waals surface area contributed by atoms with Gasteiger partial charge in [-0.25, -0.2) is 15.0 Å². The SMILES string of the molecule is Cc1nc(-c2cccnc2)nc(Nc2ccc(N3CCCC3)nc2)c1C. The summed E-state index contributed by atoms with van der Waals surface area (Å²) in [6.07, 6.45) is 7.89. The molecule has 1 aliphatic rings. The molecule has 0 aromatic carbocycles. The molecule has 3 aromatic rings. The van der Waals surface area contributed by atoms with Gasteiger partial charge in [0.15, 0.2) is 5.82 Å². The highest BCUT2D eigenvalue weighted by atomic mass is 15.2. The lowest BCUT2D eigenvalue weighted by atomic mass is 10.2. The quantitative estimate of drug-likeness (QED) is 0.773. The molecule has 6 nitrogen and oxygen atoms in total. The lowest BCUT2D eigenvalue weighted by Crippen LogP contribution is -2.18. The first kappa shape index (κ1) is 16.4. The third kappa shape index (κ3) is 3.35. The molecule has 0 radical (unpaired) electrons. The van der Waals surface area contributed by atoms with Crippen LogP contribution in [0, 0.1) is 13.8 Å². The van der Waals surface area contributed by atoms with Crippen LogP contribution in [-0.4, -0.2) is 33.0 Å². The van der Waals surface area contributed by atoms with Crippen LogP contribution in [0.25, 0.3) is 11.4 Å². The molecule has 3 aromatic heterocycles. The van der Waals surface area contributed by atoms with Gasteiger partial charge in [0.2, 0.25) is 0 Å². The molecule has 1 N–H and O–H groups in total. The zero-order valence-electron chi connectivity index (χ0n) is 15.1. The summed E-state index contributed by atoms with van der Waals surface area (Å²) in [6, 6.07) is 7.98. The normalized spacial score (nSPS) is 13.8. The molecule has 0 bridgehead atoms. The first-order valence-electron chi connectivity index (χ1n) is 8.94. The summed E-state index contributed by atoms with van der Waals surface area (Å²) < 4.78 is 0. The van der Waals surface area contributed by atoms with Crippen LogP contribution in [0.3, 0.4) is 0 Å². The van der Waals surface area contributed by atoms with Gasteiger partial charge in [0.05, 0.1) is 11.9 Å². The Morgan fingerprint density at radius 2 is 1.85 bits per heavy atom. The van der Waals surface area contributed by atoms with E-state index in [1.165, 1.54) is 12.8 Å². The van der Waals surface area contributed by atoms with Crippen molar-refractivity contribution in [1.29, 1.82) is 0 Å². The monoisotopic (exact) mass is 346 g/mol. The third-order valence-electron chi connectivity index (χ3n) is 4.75. The fourth-order valence-electron chi connectivity index (χ4n) is 3.10. The largest absolute Gasteiger partial charge is 0.357 e. The number of aromatic nitrogens is 4. The average Bonchev–Trinajstić information content (AvgIpc) is 3.21. The summed E-state index contributed by atoms with van der Waals surface area (Å²) in [5.41, 5.74) is 3.80. The van der Waals surface area contributed by atoms with Gasteiger partial charge in [0.1, 0.15) is 11.6 Å². The van der Waals surface area contributed by atoms with Crippen LogP contribution in [0.4, 0.5) is 17.3 Å². The standard InChI is InChI=1S/C20H22N6/c1-14-15(2)23-20(16-6-5-9-21-12-16)25-19(14)24-17-7-8-18(22-13-17)26-10-3-4-11-26/h5-9,12-13H,3-4,10-11H2,1-2H3,(H,23,24,25). The van der Waals surface area contributed by atoms with E-state index in [0.29, 0.717) is 5.82 Å². The zero-order valence-corrected chi connectivity index (χ0v) is 15.1. The predicted octanol–water partition coefficient (Wildman–Crippen LogP) is 3.89. The van der Waals surface area contributed by atoms with Crippen molar-refractivity contribution in [2.24, 2.45) is 0 Å². The number of nitrogens with zero attached hydrogens (tertiary/aromatic N) is 5. The summed E-state index contributed by atoms with van der Waals surface area (Å²) in [4.78, 5) is 20.4. The molecule has 26 heavy (non-hydrogen) atoms. The van der Waals surface area contributed by atoms with Gasteiger partial charge in [-0.05, 0) is 51.0 Å². The molecule has 0 unspecified atom stereocenters. The minimum atomic E-state index is 0.672. The molecule has 0 aliphatic carbocycles. The summed E-state index contributed by atoms with van der Waals surface area (Å²) >= 11 is 0. The maximum absolute atomic E-state index is 4.70. The minimum Gasteiger partial charge on any atom is -0.357 e. The summed E-state index contributed by atoms with van der Waals surface area (Å²) in [7, 11) is 0. The topological polar surface area (TPSA) is 66.8 Å². The van der Waals surface area contributed by atoms with E-state index >= 15 is 0 Å². The van der Waals surface area contributed by atoms with Crippen LogP contribution in [0.2, 0.25) is 0 Å². The molecule has 0 spiro atoms. The Bertz CT molecular complexity index is 886. The van der Waals surface area contributed by atoms with Gasteiger partial charge >= 0.3 is 0 Å². The van der Waals surface area contributed by atoms with Gasteiger partial charge in [-0.3, -0.25) is 4.98 Å². The molecule has 1 saturated heterocycles. The first-order valence-corrected chi connectivity index (χ1v) is 8.94. The van der Waals surface area contributed by atoms with Crippen molar-refractivity contribution < 1.29 is 0 Å². The highest BCUT2D eigenvalue weighted by Crippen LogP contribution is 2.25. The van der Waals surface area contributed by atoms with E-state index in [-0.39, 0.29) is 0 Å². The van der Waals surface area contributed by atoms with Crippen LogP contribution in [-0.2, 0) is 0 Å². The highest BCUT2D eigenvalue weighted by molar-refractivity contribution is 5.64. The number of nitrogens with one attached hydrogen (secondary N) is 1. The minimum absolute atomic E-state index is 0.672. The number of pyridine rings is 2. The van der Waals surface area contributed by atoms with Gasteiger partial charge < -0.3 is 10.2 Å². The van der Waals surface area contributed by atoms with Crippen LogP contribution in [0.15, 0.2) is 42.9 Å². The smallest absolute Gasteiger partial charge is 0.163 e. The van der Waals surface area contributed by atoms with Crippen molar-refractivity contribution in [2.45, 2.75) is 26.7 Å². The van der Waals surface area contributed by atoms with Gasteiger partial charge in [-0.1, -0.05) is 0 Å². The van der Waals surface area contributed by atoms with Crippen molar-refractivity contribution in [3.8, 4) is 11.4 Å². The number of aryl methyl sites for hydroxylation is 1. The Labute approximate surface area is 153 Å². The molecule has 6 heteroatoms. The Morgan fingerprint density at radius 1 is 1.00 bits per heavy atom. The van der Waals surface area contributed by atoms with Gasteiger partial charge in [0.25, 0.3) is 0 Å². The zero-order chi connectivity index (χ0) is 17.9. The Morgan fingerprint density at radius 3 is 2.54 bits per heavy atom. The van der Waals surface area contributed by atoms with E-state index in [2.05, 4.69) is 37.3 Å². The highest BCUT2D eigenvalue weighted by Gasteiger charge is 2.14. The average molecular weight is 346 g/mol. The van der Waals surface area contributed by atoms with E-state index < -0.39 is 0 Å². The van der Waals surface area contributed by atoms with E-state index in [0.717, 1.165) is 47.2 Å². The number of rotatable bonds is 4. The lowest BCUT2D eigenvalue weighted by Gasteiger charge is -2.17. The predicted molar refractivity (Wildman–Crippen MR) is 104 cm³/mol. The fourth-order valence-corrected chi connectivity index (χ4v) is 3.10.